The molecule has 0 amide bonds. The van der Waals surface area contributed by atoms with E-state index in [0.29, 0.717) is 5.92 Å². The van der Waals surface area contributed by atoms with Crippen LogP contribution in [-0.4, -0.2) is 59.2 Å². The number of likely N-dealkylation sites (tertiary alicyclic amines) is 1. The predicted octanol–water partition coefficient (Wildman–Crippen LogP) is 2.15. The van der Waals surface area contributed by atoms with E-state index in [1.807, 2.05) is 23.7 Å². The second-order valence-electron chi connectivity index (χ2n) is 6.42. The highest BCUT2D eigenvalue weighted by atomic mass is 32.1. The van der Waals surface area contributed by atoms with Gasteiger partial charge in [0.2, 0.25) is 0 Å². The molecular weight excluding hydrogens is 322 g/mol. The minimum Gasteiger partial charge on any atom is -0.378 e. The van der Waals surface area contributed by atoms with Crippen LogP contribution in [0, 0.1) is 0 Å². The first-order chi connectivity index (χ1) is 11.9. The van der Waals surface area contributed by atoms with E-state index in [0.717, 1.165) is 51.1 Å². The summed E-state index contributed by atoms with van der Waals surface area (Å²) < 4.78 is 5.42. The monoisotopic (exact) mass is 345 g/mol. The number of piperidine rings is 1. The largest absolute Gasteiger partial charge is 0.378 e. The normalized spacial score (nSPS) is 22.7. The first kappa shape index (κ1) is 15.9. The Morgan fingerprint density at radius 1 is 1.21 bits per heavy atom. The van der Waals surface area contributed by atoms with Gasteiger partial charge in [-0.3, -0.25) is 4.90 Å². The van der Waals surface area contributed by atoms with Crippen LogP contribution in [0.5, 0.6) is 0 Å². The van der Waals surface area contributed by atoms with Gasteiger partial charge in [-0.25, -0.2) is 15.0 Å². The van der Waals surface area contributed by atoms with Gasteiger partial charge in [-0.15, -0.1) is 11.3 Å². The minimum absolute atomic E-state index is 0.522. The molecule has 2 saturated heterocycles. The fraction of sp³-hybridized carbons (Fsp3) is 0.588. The van der Waals surface area contributed by atoms with Crippen molar-refractivity contribution in [2.24, 2.45) is 0 Å². The third-order valence-electron chi connectivity index (χ3n) is 4.73. The number of nitrogens with zero attached hydrogens (tertiary/aromatic N) is 5. The third kappa shape index (κ3) is 3.74. The van der Waals surface area contributed by atoms with Crippen LogP contribution in [0.1, 0.15) is 29.3 Å². The van der Waals surface area contributed by atoms with Crippen LogP contribution in [-0.2, 0) is 11.3 Å². The smallest absolute Gasteiger partial charge is 0.185 e. The molecule has 0 bridgehead atoms. The summed E-state index contributed by atoms with van der Waals surface area (Å²) in [6.45, 7) is 6.74. The van der Waals surface area contributed by atoms with Gasteiger partial charge >= 0.3 is 0 Å². The first-order valence-electron chi connectivity index (χ1n) is 8.64. The van der Waals surface area contributed by atoms with Crippen LogP contribution in [0.4, 0.5) is 5.13 Å². The van der Waals surface area contributed by atoms with Gasteiger partial charge in [0.25, 0.3) is 0 Å². The van der Waals surface area contributed by atoms with Crippen molar-refractivity contribution >= 4 is 16.5 Å². The van der Waals surface area contributed by atoms with E-state index in [-0.39, 0.29) is 0 Å². The molecule has 0 radical (unpaired) electrons. The summed E-state index contributed by atoms with van der Waals surface area (Å²) in [5, 5.41) is 1.14. The van der Waals surface area contributed by atoms with Crippen LogP contribution in [0.2, 0.25) is 0 Å². The molecule has 2 fully saturated rings. The van der Waals surface area contributed by atoms with Gasteiger partial charge < -0.3 is 9.64 Å². The molecule has 2 aromatic heterocycles. The van der Waals surface area contributed by atoms with Crippen LogP contribution in [0.3, 0.4) is 0 Å². The maximum atomic E-state index is 5.42. The lowest BCUT2D eigenvalue weighted by Gasteiger charge is -2.32. The fourth-order valence-electron chi connectivity index (χ4n) is 3.47. The Morgan fingerprint density at radius 2 is 2.12 bits per heavy atom. The molecule has 1 atom stereocenters. The molecule has 24 heavy (non-hydrogen) atoms. The second-order valence-corrected chi connectivity index (χ2v) is 7.51. The van der Waals surface area contributed by atoms with Crippen LogP contribution in [0.15, 0.2) is 24.8 Å². The zero-order valence-electron chi connectivity index (χ0n) is 13.8. The van der Waals surface area contributed by atoms with Gasteiger partial charge in [-0.2, -0.15) is 0 Å². The topological polar surface area (TPSA) is 54.4 Å². The van der Waals surface area contributed by atoms with Crippen molar-refractivity contribution in [3.63, 3.8) is 0 Å². The summed E-state index contributed by atoms with van der Waals surface area (Å²) in [4.78, 5) is 19.3. The number of ether oxygens (including phenoxy) is 1. The molecular formula is C17H23N5OS. The average Bonchev–Trinajstić information content (AvgIpc) is 3.12. The molecule has 2 aliphatic heterocycles. The summed E-state index contributed by atoms with van der Waals surface area (Å²) >= 11 is 1.82. The summed E-state index contributed by atoms with van der Waals surface area (Å²) in [5.74, 6) is 0.522. The zero-order valence-corrected chi connectivity index (χ0v) is 14.6. The number of aromatic nitrogens is 3. The van der Waals surface area contributed by atoms with E-state index in [4.69, 9.17) is 4.74 Å². The van der Waals surface area contributed by atoms with Gasteiger partial charge in [0.1, 0.15) is 6.33 Å². The van der Waals surface area contributed by atoms with Crippen molar-refractivity contribution < 1.29 is 4.74 Å². The van der Waals surface area contributed by atoms with E-state index >= 15 is 0 Å². The standard InChI is InChI=1S/C17H23N5OS/c1-2-14(16-3-4-18-13-20-16)11-21(5-1)12-15-10-19-17(24-15)22-6-8-23-9-7-22/h3-4,10,13-14H,1-2,5-9,11-12H2/t14-/m1/s1. The van der Waals surface area contributed by atoms with Gasteiger partial charge in [0, 0.05) is 55.1 Å². The highest BCUT2D eigenvalue weighted by Gasteiger charge is 2.23. The molecule has 0 saturated carbocycles. The highest BCUT2D eigenvalue weighted by Crippen LogP contribution is 2.29. The van der Waals surface area contributed by atoms with Gasteiger partial charge in [-0.05, 0) is 25.5 Å². The van der Waals surface area contributed by atoms with Crippen molar-refractivity contribution in [2.45, 2.75) is 25.3 Å². The van der Waals surface area contributed by atoms with Crippen molar-refractivity contribution in [3.05, 3.63) is 35.4 Å². The van der Waals surface area contributed by atoms with E-state index in [2.05, 4.69) is 30.8 Å². The highest BCUT2D eigenvalue weighted by molar-refractivity contribution is 7.15. The lowest BCUT2D eigenvalue weighted by atomic mass is 9.94. The summed E-state index contributed by atoms with van der Waals surface area (Å²) in [6.07, 6.45) is 7.99. The molecule has 0 spiro atoms. The molecule has 0 aliphatic carbocycles. The summed E-state index contributed by atoms with van der Waals surface area (Å²) in [7, 11) is 0. The Kier molecular flexibility index (Phi) is 5.01. The van der Waals surface area contributed by atoms with E-state index < -0.39 is 0 Å². The Hall–Kier alpha value is -1.57. The Bertz CT molecular complexity index is 643. The molecule has 4 rings (SSSR count). The Labute approximate surface area is 146 Å². The minimum atomic E-state index is 0.522. The molecule has 6 nitrogen and oxygen atoms in total. The summed E-state index contributed by atoms with van der Waals surface area (Å²) in [6, 6.07) is 2.05. The van der Waals surface area contributed by atoms with Crippen molar-refractivity contribution in [3.8, 4) is 0 Å². The number of thiazole rings is 1. The Balaban J connectivity index is 1.37. The molecule has 2 aromatic rings. The van der Waals surface area contributed by atoms with Crippen LogP contribution < -0.4 is 4.90 Å². The maximum absolute atomic E-state index is 5.42. The molecule has 4 heterocycles. The Morgan fingerprint density at radius 3 is 2.96 bits per heavy atom. The third-order valence-corrected chi connectivity index (χ3v) is 5.77. The molecule has 7 heteroatoms. The molecule has 128 valence electrons. The molecule has 0 unspecified atom stereocenters. The number of rotatable bonds is 4. The van der Waals surface area contributed by atoms with E-state index in [1.165, 1.54) is 23.4 Å². The average molecular weight is 345 g/mol. The lowest BCUT2D eigenvalue weighted by molar-refractivity contribution is 0.122. The lowest BCUT2D eigenvalue weighted by Crippen LogP contribution is -2.36. The number of anilines is 1. The van der Waals surface area contributed by atoms with Gasteiger partial charge in [0.05, 0.1) is 13.2 Å². The number of hydrogen-bond donors (Lipinski definition) is 0. The number of hydrogen-bond acceptors (Lipinski definition) is 7. The van der Waals surface area contributed by atoms with Crippen LogP contribution >= 0.6 is 11.3 Å². The van der Waals surface area contributed by atoms with E-state index in [1.54, 1.807) is 6.33 Å². The molecule has 0 aromatic carbocycles. The van der Waals surface area contributed by atoms with Crippen molar-refractivity contribution in [1.29, 1.82) is 0 Å². The molecule has 0 N–H and O–H groups in total. The van der Waals surface area contributed by atoms with Crippen LogP contribution in [0.25, 0.3) is 0 Å². The van der Waals surface area contributed by atoms with Gasteiger partial charge in [0.15, 0.2) is 5.13 Å². The second kappa shape index (κ2) is 7.55. The summed E-state index contributed by atoms with van der Waals surface area (Å²) in [5.41, 5.74) is 1.17. The van der Waals surface area contributed by atoms with E-state index in [9.17, 15) is 0 Å². The first-order valence-corrected chi connectivity index (χ1v) is 9.46. The quantitative estimate of drug-likeness (QED) is 0.846. The SMILES string of the molecule is c1cc([C@@H]2CCCN(Cc3cnc(N4CCOCC4)s3)C2)ncn1. The number of morpholine rings is 1. The van der Waals surface area contributed by atoms with Gasteiger partial charge in [-0.1, -0.05) is 0 Å². The zero-order chi connectivity index (χ0) is 16.2. The maximum Gasteiger partial charge on any atom is 0.185 e. The predicted molar refractivity (Wildman–Crippen MR) is 94.4 cm³/mol. The fourth-order valence-corrected chi connectivity index (χ4v) is 4.48. The molecule has 2 aliphatic rings. The van der Waals surface area contributed by atoms with Crippen molar-refractivity contribution in [2.75, 3.05) is 44.3 Å². The van der Waals surface area contributed by atoms with Crippen molar-refractivity contribution in [1.82, 2.24) is 19.9 Å².